The molecular formula is C26H19N5O2S. The number of fused-ring (bicyclic) bond motifs is 2. The van der Waals surface area contributed by atoms with Crippen molar-refractivity contribution in [1.29, 1.82) is 0 Å². The van der Waals surface area contributed by atoms with Gasteiger partial charge in [-0.15, -0.1) is 10.2 Å². The molecule has 0 aliphatic rings. The van der Waals surface area contributed by atoms with Gasteiger partial charge >= 0.3 is 0 Å². The number of anilines is 1. The monoisotopic (exact) mass is 465 g/mol. The fraction of sp³-hybridized carbons (Fsp3) is 0.0385. The summed E-state index contributed by atoms with van der Waals surface area (Å²) in [5.41, 5.74) is 4.03. The number of hydrogen-bond donors (Lipinski definition) is 2. The Labute approximate surface area is 199 Å². The smallest absolute Gasteiger partial charge is 0.257 e. The van der Waals surface area contributed by atoms with Crippen LogP contribution in [-0.4, -0.2) is 28.2 Å². The molecule has 0 saturated heterocycles. The van der Waals surface area contributed by atoms with Crippen molar-refractivity contribution >= 4 is 56.0 Å². The summed E-state index contributed by atoms with van der Waals surface area (Å²) in [6.45, 7) is 0. The van der Waals surface area contributed by atoms with E-state index >= 15 is 0 Å². The van der Waals surface area contributed by atoms with E-state index in [0.717, 1.165) is 38.4 Å². The Bertz CT molecular complexity index is 1470. The van der Waals surface area contributed by atoms with Crippen molar-refractivity contribution < 1.29 is 9.59 Å². The van der Waals surface area contributed by atoms with Crippen LogP contribution in [0.5, 0.6) is 0 Å². The number of carbonyl (C=O) groups excluding carboxylic acids is 2. The number of carbonyl (C=O) groups is 2. The van der Waals surface area contributed by atoms with E-state index in [1.54, 1.807) is 30.5 Å². The van der Waals surface area contributed by atoms with Crippen LogP contribution in [0.15, 0.2) is 90.0 Å². The number of nitrogens with one attached hydrogen (secondary N) is 2. The molecule has 5 rings (SSSR count). The molecule has 166 valence electrons. The molecule has 0 radical (unpaired) electrons. The highest BCUT2D eigenvalue weighted by atomic mass is 32.1. The van der Waals surface area contributed by atoms with Gasteiger partial charge in [0.2, 0.25) is 11.0 Å². The van der Waals surface area contributed by atoms with Gasteiger partial charge in [-0.25, -0.2) is 5.43 Å². The number of nitrogens with zero attached hydrogens (tertiary/aromatic N) is 3. The van der Waals surface area contributed by atoms with Gasteiger partial charge in [0.25, 0.3) is 5.91 Å². The van der Waals surface area contributed by atoms with Gasteiger partial charge in [-0.1, -0.05) is 78.1 Å². The van der Waals surface area contributed by atoms with Crippen LogP contribution in [-0.2, 0) is 11.2 Å². The minimum absolute atomic E-state index is 0.00645. The van der Waals surface area contributed by atoms with Gasteiger partial charge in [0, 0.05) is 11.1 Å². The van der Waals surface area contributed by atoms with Crippen LogP contribution in [0.25, 0.3) is 21.5 Å². The van der Waals surface area contributed by atoms with Gasteiger partial charge in [-0.2, -0.15) is 5.10 Å². The highest BCUT2D eigenvalue weighted by Crippen LogP contribution is 2.27. The number of hydrogen-bond acceptors (Lipinski definition) is 6. The summed E-state index contributed by atoms with van der Waals surface area (Å²) < 4.78 is 0. The Balaban J connectivity index is 1.26. The largest absolute Gasteiger partial charge is 0.296 e. The maximum absolute atomic E-state index is 12.4. The first kappa shape index (κ1) is 21.4. The molecule has 0 aliphatic heterocycles. The van der Waals surface area contributed by atoms with Gasteiger partial charge in [-0.3, -0.25) is 14.9 Å². The van der Waals surface area contributed by atoms with E-state index in [0.29, 0.717) is 15.7 Å². The standard InChI is InChI=1S/C26H19N5O2S/c32-23(15-24-30-31-26(34-24)28-25(33)17-8-2-1-3-9-17)29-27-16-22-20-12-6-4-10-18(20)14-19-11-5-7-13-21(19)22/h1-14,16H,15H2,(H,29,32)(H,28,31,33). The van der Waals surface area contributed by atoms with Gasteiger partial charge < -0.3 is 0 Å². The lowest BCUT2D eigenvalue weighted by Crippen LogP contribution is -2.19. The molecule has 34 heavy (non-hydrogen) atoms. The lowest BCUT2D eigenvalue weighted by molar-refractivity contribution is -0.120. The zero-order valence-corrected chi connectivity index (χ0v) is 18.8. The van der Waals surface area contributed by atoms with E-state index in [1.165, 1.54) is 0 Å². The first-order chi connectivity index (χ1) is 16.7. The van der Waals surface area contributed by atoms with Crippen LogP contribution < -0.4 is 10.7 Å². The third-order valence-electron chi connectivity index (χ3n) is 5.23. The SMILES string of the molecule is O=C(Cc1nnc(NC(=O)c2ccccc2)s1)NN=Cc1c2ccccc2cc2ccccc12. The number of amides is 2. The van der Waals surface area contributed by atoms with E-state index in [9.17, 15) is 9.59 Å². The summed E-state index contributed by atoms with van der Waals surface area (Å²) in [5, 5.41) is 20.0. The molecule has 4 aromatic carbocycles. The number of aromatic nitrogens is 2. The van der Waals surface area contributed by atoms with Gasteiger partial charge in [-0.05, 0) is 39.7 Å². The van der Waals surface area contributed by atoms with Crippen LogP contribution in [0.2, 0.25) is 0 Å². The maximum Gasteiger partial charge on any atom is 0.257 e. The minimum atomic E-state index is -0.321. The molecule has 2 amide bonds. The molecule has 0 fully saturated rings. The van der Waals surface area contributed by atoms with Gasteiger partial charge in [0.1, 0.15) is 5.01 Å². The maximum atomic E-state index is 12.4. The first-order valence-electron chi connectivity index (χ1n) is 10.6. The highest BCUT2D eigenvalue weighted by Gasteiger charge is 2.12. The molecule has 0 unspecified atom stereocenters. The molecule has 7 nitrogen and oxygen atoms in total. The summed E-state index contributed by atoms with van der Waals surface area (Å²) in [5.74, 6) is -0.599. The Morgan fingerprint density at radius 1 is 0.853 bits per heavy atom. The lowest BCUT2D eigenvalue weighted by atomic mass is 9.97. The average molecular weight is 466 g/mol. The van der Waals surface area contributed by atoms with Crippen molar-refractivity contribution in [3.05, 3.63) is 101 Å². The van der Waals surface area contributed by atoms with E-state index in [1.807, 2.05) is 42.5 Å². The van der Waals surface area contributed by atoms with Gasteiger partial charge in [0.15, 0.2) is 0 Å². The normalized spacial score (nSPS) is 11.2. The third kappa shape index (κ3) is 4.67. The number of hydrazone groups is 1. The molecule has 2 N–H and O–H groups in total. The van der Waals surface area contributed by atoms with Crippen LogP contribution in [0.1, 0.15) is 20.9 Å². The summed E-state index contributed by atoms with van der Waals surface area (Å²) in [7, 11) is 0. The fourth-order valence-corrected chi connectivity index (χ4v) is 4.40. The van der Waals surface area contributed by atoms with Crippen LogP contribution >= 0.6 is 11.3 Å². The quantitative estimate of drug-likeness (QED) is 0.214. The Kier molecular flexibility index (Phi) is 6.05. The second kappa shape index (κ2) is 9.60. The van der Waals surface area contributed by atoms with Crippen molar-refractivity contribution in [2.24, 2.45) is 5.10 Å². The molecule has 0 spiro atoms. The molecule has 1 aromatic heterocycles. The zero-order chi connectivity index (χ0) is 23.3. The molecule has 0 atom stereocenters. The second-order valence-corrected chi connectivity index (χ2v) is 8.59. The minimum Gasteiger partial charge on any atom is -0.296 e. The van der Waals surface area contributed by atoms with Crippen LogP contribution in [0, 0.1) is 0 Å². The average Bonchev–Trinajstić information content (AvgIpc) is 3.30. The molecule has 0 aliphatic carbocycles. The van der Waals surface area contributed by atoms with Crippen molar-refractivity contribution in [1.82, 2.24) is 15.6 Å². The number of rotatable bonds is 6. The highest BCUT2D eigenvalue weighted by molar-refractivity contribution is 7.15. The summed E-state index contributed by atoms with van der Waals surface area (Å²) in [4.78, 5) is 24.6. The zero-order valence-electron chi connectivity index (χ0n) is 17.9. The van der Waals surface area contributed by atoms with Crippen LogP contribution in [0.4, 0.5) is 5.13 Å². The van der Waals surface area contributed by atoms with E-state index in [4.69, 9.17) is 0 Å². The van der Waals surface area contributed by atoms with Crippen molar-refractivity contribution in [3.8, 4) is 0 Å². The lowest BCUT2D eigenvalue weighted by Gasteiger charge is -2.07. The fourth-order valence-electron chi connectivity index (χ4n) is 3.67. The summed E-state index contributed by atoms with van der Waals surface area (Å²) in [6.07, 6.45) is 1.68. The van der Waals surface area contributed by atoms with E-state index < -0.39 is 0 Å². The predicted molar refractivity (Wildman–Crippen MR) is 135 cm³/mol. The second-order valence-electron chi connectivity index (χ2n) is 7.52. The van der Waals surface area contributed by atoms with E-state index in [-0.39, 0.29) is 18.2 Å². The van der Waals surface area contributed by atoms with E-state index in [2.05, 4.69) is 44.2 Å². The number of benzene rings is 4. The summed E-state index contributed by atoms with van der Waals surface area (Å²) >= 11 is 1.15. The van der Waals surface area contributed by atoms with Crippen molar-refractivity contribution in [3.63, 3.8) is 0 Å². The molecular weight excluding hydrogens is 446 g/mol. The van der Waals surface area contributed by atoms with Crippen molar-refractivity contribution in [2.45, 2.75) is 6.42 Å². The van der Waals surface area contributed by atoms with Crippen LogP contribution in [0.3, 0.4) is 0 Å². The third-order valence-corrected chi connectivity index (χ3v) is 6.07. The summed E-state index contributed by atoms with van der Waals surface area (Å²) in [6, 6.07) is 27.1. The molecule has 1 heterocycles. The molecule has 8 heteroatoms. The van der Waals surface area contributed by atoms with Gasteiger partial charge in [0.05, 0.1) is 12.6 Å². The Hall–Kier alpha value is -4.43. The Morgan fingerprint density at radius 2 is 1.50 bits per heavy atom. The topological polar surface area (TPSA) is 96.3 Å². The Morgan fingerprint density at radius 3 is 2.21 bits per heavy atom. The molecule has 0 bridgehead atoms. The predicted octanol–water partition coefficient (Wildman–Crippen LogP) is 4.79. The molecule has 5 aromatic rings. The van der Waals surface area contributed by atoms with Crippen molar-refractivity contribution in [2.75, 3.05) is 5.32 Å². The first-order valence-corrected chi connectivity index (χ1v) is 11.4. The molecule has 0 saturated carbocycles.